The van der Waals surface area contributed by atoms with E-state index in [1.54, 1.807) is 12.3 Å². The van der Waals surface area contributed by atoms with Gasteiger partial charge in [-0.05, 0) is 18.4 Å². The Morgan fingerprint density at radius 2 is 2.09 bits per heavy atom. The van der Waals surface area contributed by atoms with Gasteiger partial charge in [0.05, 0.1) is 5.69 Å². The Morgan fingerprint density at radius 1 is 1.26 bits per heavy atom. The second kappa shape index (κ2) is 7.21. The topological polar surface area (TPSA) is 82.4 Å². The summed E-state index contributed by atoms with van der Waals surface area (Å²) < 4.78 is 1.41. The van der Waals surface area contributed by atoms with Crippen molar-refractivity contribution in [1.82, 2.24) is 19.9 Å². The predicted octanol–water partition coefficient (Wildman–Crippen LogP) is 1.63. The summed E-state index contributed by atoms with van der Waals surface area (Å²) in [4.78, 5) is 16.4. The first-order valence-corrected chi connectivity index (χ1v) is 7.73. The van der Waals surface area contributed by atoms with Crippen LogP contribution in [0, 0.1) is 0 Å². The molecule has 6 nitrogen and oxygen atoms in total. The predicted molar refractivity (Wildman–Crippen MR) is 88.2 cm³/mol. The van der Waals surface area contributed by atoms with Crippen molar-refractivity contribution < 1.29 is 5.11 Å². The SMILES string of the molecule is O=c1cc(CNC(CCCO)c2ccccc2)nc2cc[nH]n12. The molecule has 3 rings (SSSR count). The number of hydrogen-bond donors (Lipinski definition) is 3. The second-order valence-electron chi connectivity index (χ2n) is 5.45. The van der Waals surface area contributed by atoms with Crippen molar-refractivity contribution in [2.24, 2.45) is 0 Å². The lowest BCUT2D eigenvalue weighted by Crippen LogP contribution is -2.24. The van der Waals surface area contributed by atoms with Crippen molar-refractivity contribution in [3.8, 4) is 0 Å². The summed E-state index contributed by atoms with van der Waals surface area (Å²) in [6, 6.07) is 13.5. The average molecular weight is 312 g/mol. The minimum atomic E-state index is -0.122. The number of nitrogens with zero attached hydrogens (tertiary/aromatic N) is 2. The number of aliphatic hydroxyl groups is 1. The molecular formula is C17H20N4O2. The first-order chi connectivity index (χ1) is 11.3. The van der Waals surface area contributed by atoms with E-state index in [9.17, 15) is 4.79 Å². The number of rotatable bonds is 7. The first-order valence-electron chi connectivity index (χ1n) is 7.73. The van der Waals surface area contributed by atoms with Gasteiger partial charge < -0.3 is 10.4 Å². The molecule has 0 saturated heterocycles. The number of H-pyrrole nitrogens is 1. The van der Waals surface area contributed by atoms with Gasteiger partial charge in [0.25, 0.3) is 5.56 Å². The molecule has 0 bridgehead atoms. The van der Waals surface area contributed by atoms with E-state index in [0.29, 0.717) is 17.9 Å². The molecule has 2 heterocycles. The Morgan fingerprint density at radius 3 is 2.87 bits per heavy atom. The van der Waals surface area contributed by atoms with Gasteiger partial charge in [0.15, 0.2) is 5.65 Å². The molecule has 3 N–H and O–H groups in total. The molecule has 0 amide bonds. The normalized spacial score (nSPS) is 12.6. The molecule has 0 aliphatic rings. The Hall–Kier alpha value is -2.44. The third kappa shape index (κ3) is 3.67. The Balaban J connectivity index is 1.75. The van der Waals surface area contributed by atoms with Crippen LogP contribution in [0.5, 0.6) is 0 Å². The van der Waals surface area contributed by atoms with Gasteiger partial charge in [0.2, 0.25) is 0 Å². The summed E-state index contributed by atoms with van der Waals surface area (Å²) in [5.74, 6) is 0. The molecule has 3 aromatic rings. The Labute approximate surface area is 133 Å². The molecule has 1 aromatic carbocycles. The fraction of sp³-hybridized carbons (Fsp3) is 0.294. The van der Waals surface area contributed by atoms with Crippen LogP contribution in [0.1, 0.15) is 30.1 Å². The van der Waals surface area contributed by atoms with E-state index < -0.39 is 0 Å². The first kappa shape index (κ1) is 15.5. The van der Waals surface area contributed by atoms with Crippen molar-refractivity contribution >= 4 is 5.65 Å². The van der Waals surface area contributed by atoms with Crippen LogP contribution in [0.15, 0.2) is 53.5 Å². The molecule has 120 valence electrons. The monoisotopic (exact) mass is 312 g/mol. The maximum absolute atomic E-state index is 12.0. The van der Waals surface area contributed by atoms with E-state index in [4.69, 9.17) is 5.11 Å². The lowest BCUT2D eigenvalue weighted by Gasteiger charge is -2.18. The number of aliphatic hydroxyl groups excluding tert-OH is 1. The minimum absolute atomic E-state index is 0.120. The molecule has 0 fully saturated rings. The third-order valence-electron chi connectivity index (χ3n) is 3.82. The van der Waals surface area contributed by atoms with Crippen LogP contribution in [0.25, 0.3) is 5.65 Å². The van der Waals surface area contributed by atoms with Crippen LogP contribution in [-0.4, -0.2) is 26.3 Å². The zero-order chi connectivity index (χ0) is 16.1. The summed E-state index contributed by atoms with van der Waals surface area (Å²) in [7, 11) is 0. The molecule has 0 spiro atoms. The van der Waals surface area contributed by atoms with E-state index >= 15 is 0 Å². The summed E-state index contributed by atoms with van der Waals surface area (Å²) in [5, 5.41) is 15.4. The van der Waals surface area contributed by atoms with Gasteiger partial charge in [0.1, 0.15) is 0 Å². The zero-order valence-electron chi connectivity index (χ0n) is 12.8. The van der Waals surface area contributed by atoms with Gasteiger partial charge >= 0.3 is 0 Å². The van der Waals surface area contributed by atoms with E-state index in [1.807, 2.05) is 18.2 Å². The standard InChI is InChI=1S/C17H20N4O2/c22-10-4-7-15(13-5-2-1-3-6-13)18-12-14-11-17(23)21-16(20-14)8-9-19-21/h1-3,5-6,8-9,11,15,18-19,22H,4,7,10,12H2. The van der Waals surface area contributed by atoms with E-state index in [1.165, 1.54) is 16.1 Å². The molecule has 2 aromatic heterocycles. The van der Waals surface area contributed by atoms with Gasteiger partial charge in [-0.25, -0.2) is 9.50 Å². The van der Waals surface area contributed by atoms with Crippen LogP contribution in [0.4, 0.5) is 0 Å². The van der Waals surface area contributed by atoms with Crippen LogP contribution < -0.4 is 10.9 Å². The zero-order valence-corrected chi connectivity index (χ0v) is 12.8. The average Bonchev–Trinajstić information content (AvgIpc) is 3.05. The van der Waals surface area contributed by atoms with Crippen LogP contribution in [-0.2, 0) is 6.54 Å². The molecular weight excluding hydrogens is 292 g/mol. The van der Waals surface area contributed by atoms with Crippen LogP contribution in [0.3, 0.4) is 0 Å². The summed E-state index contributed by atoms with van der Waals surface area (Å²) in [6.45, 7) is 0.668. The summed E-state index contributed by atoms with van der Waals surface area (Å²) in [6.07, 6.45) is 3.24. The van der Waals surface area contributed by atoms with Crippen molar-refractivity contribution in [3.05, 3.63) is 70.3 Å². The highest BCUT2D eigenvalue weighted by atomic mass is 16.2. The largest absolute Gasteiger partial charge is 0.396 e. The second-order valence-corrected chi connectivity index (χ2v) is 5.45. The maximum atomic E-state index is 12.0. The number of hydrogen-bond acceptors (Lipinski definition) is 4. The van der Waals surface area contributed by atoms with E-state index in [-0.39, 0.29) is 18.2 Å². The van der Waals surface area contributed by atoms with Crippen LogP contribution >= 0.6 is 0 Å². The molecule has 23 heavy (non-hydrogen) atoms. The number of nitrogens with one attached hydrogen (secondary N) is 2. The third-order valence-corrected chi connectivity index (χ3v) is 3.82. The van der Waals surface area contributed by atoms with Gasteiger partial charge in [-0.3, -0.25) is 9.89 Å². The molecule has 0 aliphatic carbocycles. The van der Waals surface area contributed by atoms with Crippen molar-refractivity contribution in [1.29, 1.82) is 0 Å². The van der Waals surface area contributed by atoms with Crippen molar-refractivity contribution in [3.63, 3.8) is 0 Å². The lowest BCUT2D eigenvalue weighted by molar-refractivity contribution is 0.274. The molecule has 1 atom stereocenters. The fourth-order valence-electron chi connectivity index (χ4n) is 2.66. The number of benzene rings is 1. The molecule has 6 heteroatoms. The van der Waals surface area contributed by atoms with Crippen molar-refractivity contribution in [2.45, 2.75) is 25.4 Å². The smallest absolute Gasteiger partial charge is 0.272 e. The molecule has 0 aliphatic heterocycles. The highest BCUT2D eigenvalue weighted by molar-refractivity contribution is 5.36. The molecule has 0 radical (unpaired) electrons. The lowest BCUT2D eigenvalue weighted by atomic mass is 10.0. The maximum Gasteiger partial charge on any atom is 0.272 e. The fourth-order valence-corrected chi connectivity index (χ4v) is 2.66. The van der Waals surface area contributed by atoms with Gasteiger partial charge in [-0.1, -0.05) is 30.3 Å². The summed E-state index contributed by atoms with van der Waals surface area (Å²) in [5.41, 5.74) is 2.37. The highest BCUT2D eigenvalue weighted by Crippen LogP contribution is 2.18. The molecule has 0 saturated carbocycles. The van der Waals surface area contributed by atoms with E-state index in [2.05, 4.69) is 27.5 Å². The van der Waals surface area contributed by atoms with Crippen LogP contribution in [0.2, 0.25) is 0 Å². The van der Waals surface area contributed by atoms with Gasteiger partial charge in [0, 0.05) is 37.5 Å². The number of aromatic nitrogens is 3. The van der Waals surface area contributed by atoms with E-state index in [0.717, 1.165) is 12.8 Å². The Bertz CT molecular complexity index is 810. The minimum Gasteiger partial charge on any atom is -0.396 e. The summed E-state index contributed by atoms with van der Waals surface area (Å²) >= 11 is 0. The number of fused-ring (bicyclic) bond motifs is 1. The number of aromatic amines is 1. The Kier molecular flexibility index (Phi) is 4.85. The highest BCUT2D eigenvalue weighted by Gasteiger charge is 2.11. The quantitative estimate of drug-likeness (QED) is 0.619. The van der Waals surface area contributed by atoms with Crippen molar-refractivity contribution in [2.75, 3.05) is 6.61 Å². The van der Waals surface area contributed by atoms with Gasteiger partial charge in [-0.2, -0.15) is 0 Å². The van der Waals surface area contributed by atoms with Gasteiger partial charge in [-0.15, -0.1) is 0 Å². The molecule has 1 unspecified atom stereocenters.